The molecule has 8 heteroatoms. The number of hydrogen-bond donors (Lipinski definition) is 2. The number of hydrogen-bond acceptors (Lipinski definition) is 7. The van der Waals surface area contributed by atoms with E-state index < -0.39 is 35.6 Å². The van der Waals surface area contributed by atoms with E-state index in [1.54, 1.807) is 19.9 Å². The number of halogens is 1. The number of carbonyl (C=O) groups excluding carboxylic acids is 2. The van der Waals surface area contributed by atoms with E-state index in [2.05, 4.69) is 4.98 Å². The smallest absolute Gasteiger partial charge is 0.309 e. The Kier molecular flexibility index (Phi) is 11.1. The summed E-state index contributed by atoms with van der Waals surface area (Å²) >= 11 is 8.09. The molecule has 0 amide bonds. The first-order valence-electron chi connectivity index (χ1n) is 12.4. The van der Waals surface area contributed by atoms with Gasteiger partial charge >= 0.3 is 5.97 Å². The topological polar surface area (TPSA) is 96.7 Å². The SMILES string of the molecule is CC[C@H]1C(=O)C(C)(C)[C@H](O)CC(=O)O[C@H](/C(Cl)=C/c2csc(C)n2)C/C=C(/C)CCC[C@@H](C)[C@@H]1O. The van der Waals surface area contributed by atoms with Crippen LogP contribution in [-0.2, 0) is 14.3 Å². The van der Waals surface area contributed by atoms with Crippen molar-refractivity contribution < 1.29 is 24.5 Å². The molecule has 0 spiro atoms. The van der Waals surface area contributed by atoms with Gasteiger partial charge in [-0.3, -0.25) is 9.59 Å². The molecule has 0 saturated carbocycles. The number of cyclic esters (lactones) is 1. The van der Waals surface area contributed by atoms with Crippen LogP contribution < -0.4 is 0 Å². The van der Waals surface area contributed by atoms with Crippen LogP contribution in [0, 0.1) is 24.2 Å². The van der Waals surface area contributed by atoms with Crippen molar-refractivity contribution in [3.8, 4) is 0 Å². The number of aliphatic hydroxyl groups is 2. The van der Waals surface area contributed by atoms with E-state index in [1.165, 1.54) is 11.3 Å². The monoisotopic (exact) mass is 525 g/mol. The number of rotatable bonds is 3. The van der Waals surface area contributed by atoms with Gasteiger partial charge in [-0.15, -0.1) is 11.3 Å². The lowest BCUT2D eigenvalue weighted by Crippen LogP contribution is -2.46. The van der Waals surface area contributed by atoms with Gasteiger partial charge < -0.3 is 14.9 Å². The van der Waals surface area contributed by atoms with E-state index in [0.717, 1.165) is 29.8 Å². The number of ketones is 1. The average molecular weight is 526 g/mol. The molecule has 6 nitrogen and oxygen atoms in total. The highest BCUT2D eigenvalue weighted by Crippen LogP contribution is 2.34. The zero-order chi connectivity index (χ0) is 26.3. The molecule has 1 aliphatic rings. The highest BCUT2D eigenvalue weighted by molar-refractivity contribution is 7.09. The minimum Gasteiger partial charge on any atom is -0.456 e. The van der Waals surface area contributed by atoms with Crippen LogP contribution in [0.25, 0.3) is 6.08 Å². The van der Waals surface area contributed by atoms with Crippen LogP contribution in [0.5, 0.6) is 0 Å². The molecule has 0 aliphatic carbocycles. The summed E-state index contributed by atoms with van der Waals surface area (Å²) in [6, 6.07) is 0. The number of aromatic nitrogens is 1. The molecule has 35 heavy (non-hydrogen) atoms. The molecule has 2 heterocycles. The molecule has 0 bridgehead atoms. The van der Waals surface area contributed by atoms with Crippen LogP contribution in [-0.4, -0.2) is 45.3 Å². The number of ether oxygens (including phenoxy) is 1. The third-order valence-corrected chi connectivity index (χ3v) is 8.16. The molecule has 1 aromatic rings. The quantitative estimate of drug-likeness (QED) is 0.380. The predicted molar refractivity (Wildman–Crippen MR) is 141 cm³/mol. The molecule has 1 aliphatic heterocycles. The molecule has 0 saturated heterocycles. The molecule has 5 atom stereocenters. The van der Waals surface area contributed by atoms with Crippen LogP contribution in [0.4, 0.5) is 0 Å². The molecule has 0 unspecified atom stereocenters. The van der Waals surface area contributed by atoms with Crippen LogP contribution in [0.2, 0.25) is 0 Å². The fraction of sp³-hybridized carbons (Fsp3) is 0.667. The fourth-order valence-electron chi connectivity index (χ4n) is 4.42. The number of esters is 1. The molecular formula is C27H40ClNO5S. The van der Waals surface area contributed by atoms with E-state index in [-0.39, 0.29) is 18.1 Å². The van der Waals surface area contributed by atoms with Gasteiger partial charge in [0, 0.05) is 17.7 Å². The van der Waals surface area contributed by atoms with E-state index in [0.29, 0.717) is 23.6 Å². The van der Waals surface area contributed by atoms with E-state index >= 15 is 0 Å². The van der Waals surface area contributed by atoms with Crippen molar-refractivity contribution in [1.29, 1.82) is 0 Å². The summed E-state index contributed by atoms with van der Waals surface area (Å²) in [5, 5.41) is 25.0. The maximum atomic E-state index is 13.4. The van der Waals surface area contributed by atoms with Crippen molar-refractivity contribution in [2.24, 2.45) is 17.3 Å². The Labute approximate surface area is 218 Å². The second-order valence-corrected chi connectivity index (χ2v) is 11.8. The van der Waals surface area contributed by atoms with Crippen molar-refractivity contribution in [3.63, 3.8) is 0 Å². The van der Waals surface area contributed by atoms with Crippen molar-refractivity contribution in [2.45, 2.75) is 98.4 Å². The highest BCUT2D eigenvalue weighted by atomic mass is 35.5. The molecule has 1 aromatic heterocycles. The summed E-state index contributed by atoms with van der Waals surface area (Å²) in [7, 11) is 0. The first-order chi connectivity index (χ1) is 16.4. The Balaban J connectivity index is 2.35. The minimum absolute atomic E-state index is 0.0609. The number of thiazole rings is 1. The third-order valence-electron chi connectivity index (χ3n) is 7.01. The maximum absolute atomic E-state index is 13.4. The van der Waals surface area contributed by atoms with Gasteiger partial charge in [0.15, 0.2) is 0 Å². The Bertz CT molecular complexity index is 938. The van der Waals surface area contributed by atoms with Gasteiger partial charge in [-0.1, -0.05) is 50.9 Å². The lowest BCUT2D eigenvalue weighted by atomic mass is 9.71. The van der Waals surface area contributed by atoms with Gasteiger partial charge in [0.1, 0.15) is 11.9 Å². The first-order valence-corrected chi connectivity index (χ1v) is 13.7. The highest BCUT2D eigenvalue weighted by Gasteiger charge is 2.43. The third kappa shape index (κ3) is 8.24. The number of allylic oxidation sites excluding steroid dienone is 1. The van der Waals surface area contributed by atoms with Crippen molar-refractivity contribution in [2.75, 3.05) is 0 Å². The Morgan fingerprint density at radius 1 is 1.31 bits per heavy atom. The molecule has 0 aromatic carbocycles. The lowest BCUT2D eigenvalue weighted by molar-refractivity contribution is -0.154. The predicted octanol–water partition coefficient (Wildman–Crippen LogP) is 5.83. The summed E-state index contributed by atoms with van der Waals surface area (Å²) in [4.78, 5) is 30.6. The zero-order valence-electron chi connectivity index (χ0n) is 21.7. The van der Waals surface area contributed by atoms with E-state index in [1.807, 2.05) is 39.2 Å². The average Bonchev–Trinajstić information content (AvgIpc) is 3.20. The normalized spacial score (nSPS) is 31.5. The second-order valence-electron chi connectivity index (χ2n) is 10.3. The first kappa shape index (κ1) is 29.7. The van der Waals surface area contributed by atoms with Crippen molar-refractivity contribution >= 4 is 40.8 Å². The molecule has 2 rings (SSSR count). The molecule has 196 valence electrons. The minimum atomic E-state index is -1.26. The van der Waals surface area contributed by atoms with Crippen LogP contribution in [0.1, 0.15) is 83.8 Å². The molecule has 0 radical (unpaired) electrons. The summed E-state index contributed by atoms with van der Waals surface area (Å²) in [5.74, 6) is -1.54. The van der Waals surface area contributed by atoms with Gasteiger partial charge in [-0.25, -0.2) is 4.98 Å². The zero-order valence-corrected chi connectivity index (χ0v) is 23.3. The van der Waals surface area contributed by atoms with Crippen LogP contribution in [0.15, 0.2) is 22.1 Å². The molecule has 2 N–H and O–H groups in total. The summed E-state index contributed by atoms with van der Waals surface area (Å²) in [6.45, 7) is 11.0. The van der Waals surface area contributed by atoms with Gasteiger partial charge in [0.25, 0.3) is 0 Å². The van der Waals surface area contributed by atoms with E-state index in [9.17, 15) is 19.8 Å². The maximum Gasteiger partial charge on any atom is 0.309 e. The largest absolute Gasteiger partial charge is 0.456 e. The Morgan fingerprint density at radius 3 is 2.60 bits per heavy atom. The molecular weight excluding hydrogens is 486 g/mol. The van der Waals surface area contributed by atoms with Gasteiger partial charge in [-0.2, -0.15) is 0 Å². The van der Waals surface area contributed by atoms with Gasteiger partial charge in [0.05, 0.1) is 39.8 Å². The lowest BCUT2D eigenvalue weighted by Gasteiger charge is -2.35. The summed E-state index contributed by atoms with van der Waals surface area (Å²) in [6.07, 6.45) is 3.93. The molecule has 0 fully saturated rings. The number of aryl methyl sites for hydroxylation is 1. The van der Waals surface area contributed by atoms with Crippen LogP contribution >= 0.6 is 22.9 Å². The Morgan fingerprint density at radius 2 is 2.00 bits per heavy atom. The number of aliphatic hydroxyl groups excluding tert-OH is 2. The number of carbonyl (C=O) groups is 2. The summed E-state index contributed by atoms with van der Waals surface area (Å²) in [5.41, 5.74) is 0.616. The van der Waals surface area contributed by atoms with E-state index in [4.69, 9.17) is 16.3 Å². The second kappa shape index (κ2) is 13.1. The van der Waals surface area contributed by atoms with Crippen molar-refractivity contribution in [1.82, 2.24) is 4.98 Å². The van der Waals surface area contributed by atoms with Crippen LogP contribution in [0.3, 0.4) is 0 Å². The fourth-order valence-corrected chi connectivity index (χ4v) is 5.24. The van der Waals surface area contributed by atoms with Gasteiger partial charge in [-0.05, 0) is 51.5 Å². The summed E-state index contributed by atoms with van der Waals surface area (Å²) < 4.78 is 5.70. The van der Waals surface area contributed by atoms with Crippen molar-refractivity contribution in [3.05, 3.63) is 32.8 Å². The van der Waals surface area contributed by atoms with Gasteiger partial charge in [0.2, 0.25) is 0 Å². The number of nitrogens with zero attached hydrogens (tertiary/aromatic N) is 1. The Hall–Kier alpha value is -1.54. The standard InChI is InChI=1S/C27H40ClNO5S/c1-7-20-25(32)17(3)10-8-9-16(2)11-12-22(21(28)13-19-15-35-18(4)29-19)34-24(31)14-23(30)27(5,6)26(20)33/h11,13,15,17,20,22-23,25,30,32H,7-10,12,14H2,1-6H3/b16-11-,21-13-/t17-,20-,22+,23-,25+/m1/s1. The number of Topliss-reactive ketones (excluding diaryl/α,β-unsaturated/α-hetero) is 1.